The molecule has 2 bridgehead atoms. The van der Waals surface area contributed by atoms with E-state index in [9.17, 15) is 4.79 Å². The van der Waals surface area contributed by atoms with Crippen LogP contribution >= 0.6 is 0 Å². The van der Waals surface area contributed by atoms with Crippen LogP contribution in [0.2, 0.25) is 0 Å². The summed E-state index contributed by atoms with van der Waals surface area (Å²) in [6, 6.07) is 1.27. The number of likely N-dealkylation sites (N-methyl/N-ethyl adjacent to an activating group) is 1. The van der Waals surface area contributed by atoms with Gasteiger partial charge in [-0.15, -0.1) is 0 Å². The first-order valence-corrected chi connectivity index (χ1v) is 7.88. The Morgan fingerprint density at radius 3 is 2.58 bits per heavy atom. The number of carbonyl (C=O) groups excluding carboxylic acids is 1. The van der Waals surface area contributed by atoms with E-state index in [0.29, 0.717) is 24.5 Å². The van der Waals surface area contributed by atoms with E-state index in [-0.39, 0.29) is 5.41 Å². The molecule has 0 aromatic rings. The number of likely N-dealkylation sites (tertiary alicyclic amines) is 1. The van der Waals surface area contributed by atoms with E-state index in [0.717, 1.165) is 32.4 Å². The van der Waals surface area contributed by atoms with E-state index in [1.165, 1.54) is 25.7 Å². The van der Waals surface area contributed by atoms with Crippen LogP contribution in [-0.4, -0.2) is 54.5 Å². The second kappa shape index (κ2) is 5.06. The molecule has 0 spiro atoms. The zero-order valence-corrected chi connectivity index (χ0v) is 12.1. The maximum absolute atomic E-state index is 12.9. The van der Waals surface area contributed by atoms with Gasteiger partial charge >= 0.3 is 0 Å². The van der Waals surface area contributed by atoms with E-state index in [1.54, 1.807) is 0 Å². The Morgan fingerprint density at radius 1 is 1.21 bits per heavy atom. The van der Waals surface area contributed by atoms with Gasteiger partial charge in [0.05, 0.1) is 5.41 Å². The van der Waals surface area contributed by atoms with Gasteiger partial charge in [0.15, 0.2) is 0 Å². The van der Waals surface area contributed by atoms with Crippen LogP contribution in [0, 0.1) is 5.41 Å². The van der Waals surface area contributed by atoms with E-state index < -0.39 is 0 Å². The van der Waals surface area contributed by atoms with Gasteiger partial charge in [0.1, 0.15) is 0 Å². The molecule has 3 fully saturated rings. The third-order valence-electron chi connectivity index (χ3n) is 5.84. The van der Waals surface area contributed by atoms with Gasteiger partial charge in [0, 0.05) is 31.7 Å². The maximum atomic E-state index is 12.9. The van der Waals surface area contributed by atoms with Gasteiger partial charge in [-0.05, 0) is 39.2 Å². The van der Waals surface area contributed by atoms with Crippen molar-refractivity contribution in [1.29, 1.82) is 0 Å². The molecule has 2 N–H and O–H groups in total. The van der Waals surface area contributed by atoms with Crippen molar-refractivity contribution < 1.29 is 4.79 Å². The molecule has 1 aliphatic carbocycles. The van der Waals surface area contributed by atoms with E-state index >= 15 is 0 Å². The summed E-state index contributed by atoms with van der Waals surface area (Å²) in [5, 5.41) is 0. The summed E-state index contributed by atoms with van der Waals surface area (Å²) in [7, 11) is 2.23. The second-order valence-corrected chi connectivity index (χ2v) is 6.78. The summed E-state index contributed by atoms with van der Waals surface area (Å²) in [4.78, 5) is 17.6. The zero-order chi connectivity index (χ0) is 13.5. The fraction of sp³-hybridized carbons (Fsp3) is 0.933. The highest BCUT2D eigenvalue weighted by molar-refractivity contribution is 5.83. The van der Waals surface area contributed by atoms with Gasteiger partial charge in [-0.3, -0.25) is 9.69 Å². The number of fused-ring (bicyclic) bond motifs is 2. The normalized spacial score (nSPS) is 34.5. The number of rotatable bonds is 2. The summed E-state index contributed by atoms with van der Waals surface area (Å²) in [5.74, 6) is 0.355. The Hall–Kier alpha value is -0.610. The molecule has 0 aromatic carbocycles. The Bertz CT molecular complexity index is 351. The molecule has 108 valence electrons. The molecule has 4 nitrogen and oxygen atoms in total. The van der Waals surface area contributed by atoms with Crippen molar-refractivity contribution in [3.05, 3.63) is 0 Å². The van der Waals surface area contributed by atoms with E-state index in [1.807, 2.05) is 0 Å². The lowest BCUT2D eigenvalue weighted by molar-refractivity contribution is -0.141. The third kappa shape index (κ3) is 2.19. The Kier molecular flexibility index (Phi) is 3.56. The average molecular weight is 265 g/mol. The number of nitrogens with zero attached hydrogens (tertiary/aromatic N) is 2. The largest absolute Gasteiger partial charge is 0.341 e. The molecule has 1 amide bonds. The van der Waals surface area contributed by atoms with Crippen molar-refractivity contribution >= 4 is 5.91 Å². The van der Waals surface area contributed by atoms with Crippen LogP contribution in [0.5, 0.6) is 0 Å². The molecule has 0 radical (unpaired) electrons. The van der Waals surface area contributed by atoms with Crippen LogP contribution in [0.4, 0.5) is 0 Å². The third-order valence-corrected chi connectivity index (χ3v) is 5.84. The average Bonchev–Trinajstić information content (AvgIpc) is 2.96. The Morgan fingerprint density at radius 2 is 1.89 bits per heavy atom. The monoisotopic (exact) mass is 265 g/mol. The predicted molar refractivity (Wildman–Crippen MR) is 75.7 cm³/mol. The minimum atomic E-state index is -0.220. The highest BCUT2D eigenvalue weighted by atomic mass is 16.2. The molecular weight excluding hydrogens is 238 g/mol. The predicted octanol–water partition coefficient (Wildman–Crippen LogP) is 1.20. The molecule has 3 rings (SSSR count). The topological polar surface area (TPSA) is 49.6 Å². The van der Waals surface area contributed by atoms with E-state index in [4.69, 9.17) is 5.73 Å². The van der Waals surface area contributed by atoms with Gasteiger partial charge in [0.25, 0.3) is 0 Å². The second-order valence-electron chi connectivity index (χ2n) is 6.78. The lowest BCUT2D eigenvalue weighted by Gasteiger charge is -2.34. The van der Waals surface area contributed by atoms with Crippen LogP contribution in [0.1, 0.15) is 44.9 Å². The van der Waals surface area contributed by atoms with Crippen LogP contribution in [0.25, 0.3) is 0 Å². The van der Waals surface area contributed by atoms with Crippen LogP contribution in [-0.2, 0) is 4.79 Å². The van der Waals surface area contributed by atoms with Crippen molar-refractivity contribution in [3.8, 4) is 0 Å². The first kappa shape index (κ1) is 13.4. The number of carbonyl (C=O) groups is 1. The lowest BCUT2D eigenvalue weighted by Crippen LogP contribution is -2.49. The number of hydrogen-bond donors (Lipinski definition) is 1. The van der Waals surface area contributed by atoms with Crippen molar-refractivity contribution in [1.82, 2.24) is 9.80 Å². The molecule has 19 heavy (non-hydrogen) atoms. The quantitative estimate of drug-likeness (QED) is 0.816. The van der Waals surface area contributed by atoms with Crippen LogP contribution in [0.3, 0.4) is 0 Å². The number of hydrogen-bond acceptors (Lipinski definition) is 3. The minimum Gasteiger partial charge on any atom is -0.341 e. The Balaban J connectivity index is 1.73. The molecule has 2 saturated heterocycles. The zero-order valence-electron chi connectivity index (χ0n) is 12.1. The molecule has 4 heteroatoms. The molecule has 3 aliphatic rings. The maximum Gasteiger partial charge on any atom is 0.230 e. The van der Waals surface area contributed by atoms with Gasteiger partial charge in [-0.2, -0.15) is 0 Å². The molecule has 0 aromatic heterocycles. The van der Waals surface area contributed by atoms with Gasteiger partial charge in [-0.1, -0.05) is 12.8 Å². The van der Waals surface area contributed by atoms with Crippen molar-refractivity contribution in [2.75, 3.05) is 26.7 Å². The molecule has 2 aliphatic heterocycles. The smallest absolute Gasteiger partial charge is 0.230 e. The van der Waals surface area contributed by atoms with Gasteiger partial charge in [-0.25, -0.2) is 0 Å². The molecule has 2 heterocycles. The van der Waals surface area contributed by atoms with Crippen molar-refractivity contribution in [2.24, 2.45) is 11.1 Å². The number of amides is 1. The summed E-state index contributed by atoms with van der Waals surface area (Å²) in [6.07, 6.45) is 8.04. The fourth-order valence-electron chi connectivity index (χ4n) is 4.39. The van der Waals surface area contributed by atoms with Crippen LogP contribution < -0.4 is 5.73 Å². The molecule has 2 unspecified atom stereocenters. The first-order valence-electron chi connectivity index (χ1n) is 7.88. The highest BCUT2D eigenvalue weighted by Gasteiger charge is 2.44. The van der Waals surface area contributed by atoms with Crippen LogP contribution in [0.15, 0.2) is 0 Å². The minimum absolute atomic E-state index is 0.220. The van der Waals surface area contributed by atoms with Crippen molar-refractivity contribution in [3.63, 3.8) is 0 Å². The molecular formula is C15H27N3O. The number of nitrogens with two attached hydrogens (primary N) is 1. The van der Waals surface area contributed by atoms with Gasteiger partial charge < -0.3 is 10.6 Å². The van der Waals surface area contributed by atoms with Crippen molar-refractivity contribution in [2.45, 2.75) is 57.0 Å². The molecule has 1 saturated carbocycles. The summed E-state index contributed by atoms with van der Waals surface area (Å²) in [6.45, 7) is 2.39. The summed E-state index contributed by atoms with van der Waals surface area (Å²) < 4.78 is 0. The van der Waals surface area contributed by atoms with E-state index in [2.05, 4.69) is 16.8 Å². The van der Waals surface area contributed by atoms with Gasteiger partial charge in [0.2, 0.25) is 5.91 Å². The standard InChI is InChI=1S/C15H27N3O/c1-17-12-4-5-13(17)10-18(9-6-12)14(19)15(11-16)7-2-3-8-15/h12-13H,2-11,16H2,1H3. The fourth-order valence-corrected chi connectivity index (χ4v) is 4.39. The lowest BCUT2D eigenvalue weighted by atomic mass is 9.84. The first-order chi connectivity index (χ1) is 9.16. The Labute approximate surface area is 116 Å². The molecule has 2 atom stereocenters. The highest BCUT2D eigenvalue weighted by Crippen LogP contribution is 2.40. The SMILES string of the molecule is CN1C2CCC1CN(C(=O)C1(CN)CCCC1)CC2. The summed E-state index contributed by atoms with van der Waals surface area (Å²) in [5.41, 5.74) is 5.74. The summed E-state index contributed by atoms with van der Waals surface area (Å²) >= 11 is 0.